The molecule has 0 N–H and O–H groups in total. The Labute approximate surface area is 108 Å². The quantitative estimate of drug-likeness (QED) is 0.252. The van der Waals surface area contributed by atoms with Gasteiger partial charge >= 0.3 is 29.6 Å². The van der Waals surface area contributed by atoms with Crippen molar-refractivity contribution in [3.8, 4) is 0 Å². The van der Waals surface area contributed by atoms with Gasteiger partial charge in [0, 0.05) is 12.1 Å². The Morgan fingerprint density at radius 2 is 1.87 bits per heavy atom. The van der Waals surface area contributed by atoms with E-state index in [2.05, 4.69) is 0 Å². The molecule has 6 nitrogen and oxygen atoms in total. The van der Waals surface area contributed by atoms with Gasteiger partial charge in [0.25, 0.3) is 5.69 Å². The van der Waals surface area contributed by atoms with Crippen molar-refractivity contribution in [3.63, 3.8) is 0 Å². The smallest absolute Gasteiger partial charge is 0.744 e. The summed E-state index contributed by atoms with van der Waals surface area (Å²) in [6, 6.07) is 3.13. The van der Waals surface area contributed by atoms with Crippen molar-refractivity contribution in [2.24, 2.45) is 0 Å². The van der Waals surface area contributed by atoms with Gasteiger partial charge in [-0.15, -0.1) is 0 Å². The van der Waals surface area contributed by atoms with Crippen molar-refractivity contribution in [1.82, 2.24) is 0 Å². The summed E-state index contributed by atoms with van der Waals surface area (Å²) in [5.74, 6) is 0. The molecule has 0 heterocycles. The number of nitro benzene ring substituents is 1. The molecule has 1 aromatic rings. The number of rotatable bonds is 2. The molecule has 1 rings (SSSR count). The van der Waals surface area contributed by atoms with E-state index in [9.17, 15) is 23.1 Å². The van der Waals surface area contributed by atoms with Crippen LogP contribution in [-0.4, -0.2) is 17.9 Å². The molecule has 0 saturated carbocycles. The average molecular weight is 239 g/mol. The van der Waals surface area contributed by atoms with Crippen LogP contribution in [0.4, 0.5) is 5.69 Å². The maximum Gasteiger partial charge on any atom is 1.00 e. The van der Waals surface area contributed by atoms with E-state index in [0.717, 1.165) is 12.1 Å². The number of aryl methyl sites for hydroxylation is 1. The predicted molar refractivity (Wildman–Crippen MR) is 45.8 cm³/mol. The summed E-state index contributed by atoms with van der Waals surface area (Å²) in [7, 11) is -4.64. The van der Waals surface area contributed by atoms with E-state index >= 15 is 0 Å². The van der Waals surface area contributed by atoms with Gasteiger partial charge in [0.2, 0.25) is 0 Å². The molecule has 0 aliphatic rings. The molecule has 1 aromatic carbocycles. The number of hydrogen-bond donors (Lipinski definition) is 0. The molecule has 15 heavy (non-hydrogen) atoms. The van der Waals surface area contributed by atoms with Crippen molar-refractivity contribution in [3.05, 3.63) is 33.9 Å². The molecule has 0 amide bonds. The standard InChI is InChI=1S/C7H7NO5S.Na/c1-5-2-3-6(8(9)10)4-7(5)14(11,12)13;/h2-4H,1H3,(H,11,12,13);/q;+1/p-1. The molecule has 8 heteroatoms. The largest absolute Gasteiger partial charge is 1.00 e. The zero-order chi connectivity index (χ0) is 10.9. The van der Waals surface area contributed by atoms with Crippen LogP contribution in [0, 0.1) is 17.0 Å². The van der Waals surface area contributed by atoms with Crippen LogP contribution in [0.25, 0.3) is 0 Å². The first-order valence-electron chi connectivity index (χ1n) is 3.53. The maximum atomic E-state index is 10.7. The number of hydrogen-bond acceptors (Lipinski definition) is 5. The Morgan fingerprint density at radius 3 is 2.27 bits per heavy atom. The van der Waals surface area contributed by atoms with Gasteiger partial charge in [-0.3, -0.25) is 10.1 Å². The van der Waals surface area contributed by atoms with E-state index in [-0.39, 0.29) is 35.1 Å². The van der Waals surface area contributed by atoms with Crippen LogP contribution in [-0.2, 0) is 10.1 Å². The molecule has 0 aromatic heterocycles. The Bertz CT molecular complexity index is 484. The summed E-state index contributed by atoms with van der Waals surface area (Å²) in [6.45, 7) is 1.40. The Kier molecular flexibility index (Phi) is 4.88. The van der Waals surface area contributed by atoms with Gasteiger partial charge in [-0.1, -0.05) is 6.07 Å². The Morgan fingerprint density at radius 1 is 1.33 bits per heavy atom. The Hall–Kier alpha value is -0.470. The van der Waals surface area contributed by atoms with Gasteiger partial charge in [-0.25, -0.2) is 8.42 Å². The van der Waals surface area contributed by atoms with Gasteiger partial charge in [-0.05, 0) is 12.5 Å². The normalized spacial score (nSPS) is 10.5. The van der Waals surface area contributed by atoms with Gasteiger partial charge in [0.1, 0.15) is 10.1 Å². The second kappa shape index (κ2) is 5.04. The second-order valence-corrected chi connectivity index (χ2v) is 4.01. The van der Waals surface area contributed by atoms with E-state index in [1.54, 1.807) is 0 Å². The third-order valence-electron chi connectivity index (χ3n) is 1.65. The van der Waals surface area contributed by atoms with E-state index < -0.39 is 25.6 Å². The summed E-state index contributed by atoms with van der Waals surface area (Å²) in [4.78, 5) is 8.99. The molecule has 0 aliphatic carbocycles. The van der Waals surface area contributed by atoms with Crippen molar-refractivity contribution in [1.29, 1.82) is 0 Å². The zero-order valence-corrected chi connectivity index (χ0v) is 10.9. The molecular weight excluding hydrogens is 233 g/mol. The topological polar surface area (TPSA) is 100 Å². The number of nitro groups is 1. The molecule has 0 spiro atoms. The second-order valence-electron chi connectivity index (χ2n) is 2.66. The predicted octanol–water partition coefficient (Wildman–Crippen LogP) is -2.19. The maximum absolute atomic E-state index is 10.7. The fraction of sp³-hybridized carbons (Fsp3) is 0.143. The monoisotopic (exact) mass is 239 g/mol. The van der Waals surface area contributed by atoms with Gasteiger partial charge < -0.3 is 4.55 Å². The van der Waals surface area contributed by atoms with Crippen molar-refractivity contribution in [2.75, 3.05) is 0 Å². The minimum Gasteiger partial charge on any atom is -0.744 e. The van der Waals surface area contributed by atoms with Crippen LogP contribution in [0.1, 0.15) is 5.56 Å². The molecular formula is C7H6NNaO5S. The van der Waals surface area contributed by atoms with Crippen LogP contribution in [0.5, 0.6) is 0 Å². The van der Waals surface area contributed by atoms with Crippen LogP contribution in [0.15, 0.2) is 23.1 Å². The van der Waals surface area contributed by atoms with E-state index in [1.807, 2.05) is 0 Å². The fourth-order valence-corrected chi connectivity index (χ4v) is 1.70. The first-order valence-corrected chi connectivity index (χ1v) is 4.94. The van der Waals surface area contributed by atoms with E-state index in [1.165, 1.54) is 13.0 Å². The molecule has 0 aliphatic heterocycles. The van der Waals surface area contributed by atoms with Crippen LogP contribution in [0.3, 0.4) is 0 Å². The third kappa shape index (κ3) is 3.54. The van der Waals surface area contributed by atoms with Crippen LogP contribution >= 0.6 is 0 Å². The van der Waals surface area contributed by atoms with Gasteiger partial charge in [0.15, 0.2) is 0 Å². The van der Waals surface area contributed by atoms with Crippen LogP contribution in [0.2, 0.25) is 0 Å². The summed E-state index contributed by atoms with van der Waals surface area (Å²) in [5, 5.41) is 10.3. The summed E-state index contributed by atoms with van der Waals surface area (Å²) >= 11 is 0. The average Bonchev–Trinajstić information content (AvgIpc) is 2.02. The number of benzene rings is 1. The molecule has 0 saturated heterocycles. The molecule has 0 radical (unpaired) electrons. The van der Waals surface area contributed by atoms with Crippen molar-refractivity contribution >= 4 is 15.8 Å². The Balaban J connectivity index is 0.00000196. The molecule has 0 fully saturated rings. The number of nitrogens with zero attached hydrogens (tertiary/aromatic N) is 1. The third-order valence-corrected chi connectivity index (χ3v) is 2.63. The van der Waals surface area contributed by atoms with Gasteiger partial charge in [-0.2, -0.15) is 0 Å². The van der Waals surface area contributed by atoms with Gasteiger partial charge in [0.05, 0.1) is 9.82 Å². The fourth-order valence-electron chi connectivity index (χ4n) is 0.972. The minimum absolute atomic E-state index is 0. The van der Waals surface area contributed by atoms with E-state index in [4.69, 9.17) is 0 Å². The van der Waals surface area contributed by atoms with E-state index in [0.29, 0.717) is 0 Å². The molecule has 0 unspecified atom stereocenters. The van der Waals surface area contributed by atoms with Crippen LogP contribution < -0.4 is 29.6 Å². The molecule has 76 valence electrons. The molecule has 0 atom stereocenters. The first-order chi connectivity index (χ1) is 6.32. The van der Waals surface area contributed by atoms with Crippen molar-refractivity contribution < 1.29 is 47.5 Å². The summed E-state index contributed by atoms with van der Waals surface area (Å²) < 4.78 is 32.0. The molecule has 0 bridgehead atoms. The zero-order valence-electron chi connectivity index (χ0n) is 8.13. The van der Waals surface area contributed by atoms with Crippen molar-refractivity contribution in [2.45, 2.75) is 11.8 Å². The SMILES string of the molecule is Cc1ccc([N+](=O)[O-])cc1S(=O)(=O)[O-].[Na+]. The minimum atomic E-state index is -4.64. The summed E-state index contributed by atoms with van der Waals surface area (Å²) in [6.07, 6.45) is 0. The number of non-ortho nitro benzene ring substituents is 1. The first kappa shape index (κ1) is 14.5. The summed E-state index contributed by atoms with van der Waals surface area (Å²) in [5.41, 5.74) is -0.212.